The molecule has 2 rings (SSSR count). The quantitative estimate of drug-likeness (QED) is 0.915. The number of aromatic nitrogens is 1. The number of hydrogen-bond donors (Lipinski definition) is 1. The maximum absolute atomic E-state index is 11.2. The van der Waals surface area contributed by atoms with E-state index in [9.17, 15) is 4.79 Å². The molecule has 0 fully saturated rings. The molecule has 0 bridgehead atoms. The zero-order valence-electron chi connectivity index (χ0n) is 10.2. The van der Waals surface area contributed by atoms with E-state index in [-0.39, 0.29) is 5.56 Å². The van der Waals surface area contributed by atoms with E-state index in [2.05, 4.69) is 4.98 Å². The monoisotopic (exact) mass is 259 g/mol. The van der Waals surface area contributed by atoms with Crippen molar-refractivity contribution in [3.05, 3.63) is 53.3 Å². The Morgan fingerprint density at radius 3 is 2.61 bits per heavy atom. The number of carbonyl (C=O) groups is 1. The molecule has 0 aliphatic rings. The molecule has 0 radical (unpaired) electrons. The minimum atomic E-state index is -0.946. The van der Waals surface area contributed by atoms with Gasteiger partial charge in [-0.2, -0.15) is 0 Å². The van der Waals surface area contributed by atoms with Gasteiger partial charge in [0, 0.05) is 21.7 Å². The number of aromatic carboxylic acids is 1. The number of benzene rings is 1. The topological polar surface area (TPSA) is 50.2 Å². The second kappa shape index (κ2) is 5.23. The summed E-state index contributed by atoms with van der Waals surface area (Å²) in [5.41, 5.74) is 2.19. The zero-order chi connectivity index (χ0) is 13.1. The van der Waals surface area contributed by atoms with Crippen molar-refractivity contribution < 1.29 is 9.90 Å². The number of carboxylic acid groups (broad SMARTS) is 1. The molecular formula is C14H13NO2S. The van der Waals surface area contributed by atoms with Crippen LogP contribution in [0.15, 0.2) is 46.3 Å². The molecule has 0 saturated heterocycles. The lowest BCUT2D eigenvalue weighted by Gasteiger charge is -2.08. The highest BCUT2D eigenvalue weighted by Crippen LogP contribution is 2.32. The molecule has 18 heavy (non-hydrogen) atoms. The van der Waals surface area contributed by atoms with Crippen molar-refractivity contribution in [1.82, 2.24) is 4.98 Å². The Bertz CT molecular complexity index is 596. The molecule has 0 aliphatic carbocycles. The van der Waals surface area contributed by atoms with Crippen LogP contribution in [0.25, 0.3) is 0 Å². The van der Waals surface area contributed by atoms with Gasteiger partial charge in [-0.15, -0.1) is 0 Å². The molecule has 92 valence electrons. The van der Waals surface area contributed by atoms with Gasteiger partial charge in [0.15, 0.2) is 0 Å². The van der Waals surface area contributed by atoms with E-state index in [1.165, 1.54) is 18.0 Å². The molecule has 0 unspecified atom stereocenters. The summed E-state index contributed by atoms with van der Waals surface area (Å²) >= 11 is 1.46. The van der Waals surface area contributed by atoms with E-state index in [1.54, 1.807) is 6.07 Å². The molecule has 0 atom stereocenters. The summed E-state index contributed by atoms with van der Waals surface area (Å²) in [7, 11) is 0. The standard InChI is InChI=1S/C14H13NO2S/c1-9-5-3-4-6-12(9)18-13-7-10(2)15-8-11(13)14(16)17/h3-8H,1-2H3,(H,16,17). The first kappa shape index (κ1) is 12.6. The van der Waals surface area contributed by atoms with Crippen molar-refractivity contribution in [3.8, 4) is 0 Å². The molecule has 1 aromatic carbocycles. The zero-order valence-corrected chi connectivity index (χ0v) is 11.0. The molecule has 1 heterocycles. The van der Waals surface area contributed by atoms with Gasteiger partial charge in [-0.1, -0.05) is 30.0 Å². The van der Waals surface area contributed by atoms with Crippen LogP contribution >= 0.6 is 11.8 Å². The SMILES string of the molecule is Cc1cc(Sc2ccccc2C)c(C(=O)O)cn1. The average molecular weight is 259 g/mol. The number of hydrogen-bond acceptors (Lipinski definition) is 3. The van der Waals surface area contributed by atoms with Gasteiger partial charge in [-0.05, 0) is 31.5 Å². The largest absolute Gasteiger partial charge is 0.478 e. The van der Waals surface area contributed by atoms with Crippen molar-refractivity contribution >= 4 is 17.7 Å². The Hall–Kier alpha value is -1.81. The summed E-state index contributed by atoms with van der Waals surface area (Å²) in [6.45, 7) is 3.87. The van der Waals surface area contributed by atoms with Crippen LogP contribution in [0.1, 0.15) is 21.6 Å². The highest BCUT2D eigenvalue weighted by atomic mass is 32.2. The van der Waals surface area contributed by atoms with Crippen LogP contribution in [0.5, 0.6) is 0 Å². The van der Waals surface area contributed by atoms with E-state index >= 15 is 0 Å². The Morgan fingerprint density at radius 1 is 1.22 bits per heavy atom. The van der Waals surface area contributed by atoms with E-state index < -0.39 is 5.97 Å². The Kier molecular flexibility index (Phi) is 3.67. The molecule has 3 nitrogen and oxygen atoms in total. The van der Waals surface area contributed by atoms with Crippen LogP contribution in [0.3, 0.4) is 0 Å². The third-order valence-corrected chi connectivity index (χ3v) is 3.78. The lowest BCUT2D eigenvalue weighted by Crippen LogP contribution is -2.00. The van der Waals surface area contributed by atoms with Gasteiger partial charge in [-0.3, -0.25) is 4.98 Å². The van der Waals surface area contributed by atoms with Crippen LogP contribution in [0.4, 0.5) is 0 Å². The molecule has 0 saturated carbocycles. The van der Waals surface area contributed by atoms with E-state index in [0.29, 0.717) is 0 Å². The number of pyridine rings is 1. The lowest BCUT2D eigenvalue weighted by atomic mass is 10.2. The second-order valence-electron chi connectivity index (χ2n) is 3.99. The van der Waals surface area contributed by atoms with Crippen molar-refractivity contribution in [2.24, 2.45) is 0 Å². The van der Waals surface area contributed by atoms with E-state index in [0.717, 1.165) is 21.0 Å². The Balaban J connectivity index is 2.42. The molecule has 2 aromatic rings. The molecule has 4 heteroatoms. The van der Waals surface area contributed by atoms with Crippen molar-refractivity contribution in [1.29, 1.82) is 0 Å². The van der Waals surface area contributed by atoms with Gasteiger partial charge in [0.2, 0.25) is 0 Å². The van der Waals surface area contributed by atoms with Gasteiger partial charge in [-0.25, -0.2) is 4.79 Å². The Labute approximate surface area is 110 Å². The fourth-order valence-corrected chi connectivity index (χ4v) is 2.66. The normalized spacial score (nSPS) is 10.3. The molecular weight excluding hydrogens is 246 g/mol. The van der Waals surface area contributed by atoms with Gasteiger partial charge < -0.3 is 5.11 Å². The lowest BCUT2D eigenvalue weighted by molar-refractivity contribution is 0.0692. The summed E-state index contributed by atoms with van der Waals surface area (Å²) < 4.78 is 0. The smallest absolute Gasteiger partial charge is 0.338 e. The van der Waals surface area contributed by atoms with Crippen molar-refractivity contribution in [2.75, 3.05) is 0 Å². The third kappa shape index (κ3) is 2.71. The first-order chi connectivity index (χ1) is 8.58. The summed E-state index contributed by atoms with van der Waals surface area (Å²) in [5, 5.41) is 9.15. The average Bonchev–Trinajstić information content (AvgIpc) is 2.32. The van der Waals surface area contributed by atoms with Crippen LogP contribution in [-0.2, 0) is 0 Å². The van der Waals surface area contributed by atoms with Gasteiger partial charge >= 0.3 is 5.97 Å². The highest BCUT2D eigenvalue weighted by molar-refractivity contribution is 7.99. The minimum absolute atomic E-state index is 0.244. The number of nitrogens with zero attached hydrogens (tertiary/aromatic N) is 1. The summed E-state index contributed by atoms with van der Waals surface area (Å²) in [6, 6.07) is 9.72. The predicted octanol–water partition coefficient (Wildman–Crippen LogP) is 3.55. The maximum atomic E-state index is 11.2. The van der Waals surface area contributed by atoms with E-state index in [1.807, 2.05) is 38.1 Å². The molecule has 1 aromatic heterocycles. The predicted molar refractivity (Wildman–Crippen MR) is 71.2 cm³/mol. The van der Waals surface area contributed by atoms with Crippen LogP contribution in [-0.4, -0.2) is 16.1 Å². The van der Waals surface area contributed by atoms with Crippen LogP contribution in [0, 0.1) is 13.8 Å². The summed E-state index contributed by atoms with van der Waals surface area (Å²) in [5.74, 6) is -0.946. The number of carboxylic acids is 1. The van der Waals surface area contributed by atoms with Crippen molar-refractivity contribution in [2.45, 2.75) is 23.6 Å². The van der Waals surface area contributed by atoms with E-state index in [4.69, 9.17) is 5.11 Å². The fraction of sp³-hybridized carbons (Fsp3) is 0.143. The van der Waals surface area contributed by atoms with Gasteiger partial charge in [0.05, 0.1) is 5.56 Å². The Morgan fingerprint density at radius 2 is 1.94 bits per heavy atom. The van der Waals surface area contributed by atoms with Crippen LogP contribution < -0.4 is 0 Å². The first-order valence-corrected chi connectivity index (χ1v) is 6.33. The molecule has 0 amide bonds. The third-order valence-electron chi connectivity index (χ3n) is 2.55. The maximum Gasteiger partial charge on any atom is 0.338 e. The fourth-order valence-electron chi connectivity index (χ4n) is 1.57. The van der Waals surface area contributed by atoms with Gasteiger partial charge in [0.1, 0.15) is 0 Å². The molecule has 1 N–H and O–H groups in total. The number of rotatable bonds is 3. The highest BCUT2D eigenvalue weighted by Gasteiger charge is 2.12. The first-order valence-electron chi connectivity index (χ1n) is 5.51. The van der Waals surface area contributed by atoms with Gasteiger partial charge in [0.25, 0.3) is 0 Å². The minimum Gasteiger partial charge on any atom is -0.478 e. The summed E-state index contributed by atoms with van der Waals surface area (Å²) in [4.78, 5) is 17.0. The number of aryl methyl sites for hydroxylation is 2. The summed E-state index contributed by atoms with van der Waals surface area (Å²) in [6.07, 6.45) is 1.41. The van der Waals surface area contributed by atoms with Crippen LogP contribution in [0.2, 0.25) is 0 Å². The molecule has 0 aliphatic heterocycles. The van der Waals surface area contributed by atoms with Crippen molar-refractivity contribution in [3.63, 3.8) is 0 Å². The second-order valence-corrected chi connectivity index (χ2v) is 5.08. The molecule has 0 spiro atoms.